The van der Waals surface area contributed by atoms with E-state index in [-0.39, 0.29) is 6.10 Å². The molecule has 1 N–H and O–H groups in total. The Hall–Kier alpha value is -1.25. The maximum atomic E-state index is 5.78. The van der Waals surface area contributed by atoms with E-state index >= 15 is 0 Å². The summed E-state index contributed by atoms with van der Waals surface area (Å²) in [6, 6.07) is 3.91. The van der Waals surface area contributed by atoms with Crippen LogP contribution >= 0.6 is 0 Å². The van der Waals surface area contributed by atoms with Gasteiger partial charge in [0.15, 0.2) is 11.6 Å². The highest BCUT2D eigenvalue weighted by Gasteiger charge is 2.19. The van der Waals surface area contributed by atoms with Gasteiger partial charge in [0.1, 0.15) is 0 Å². The molecule has 3 heteroatoms. The molecule has 2 rings (SSSR count). The molecule has 106 valence electrons. The van der Waals surface area contributed by atoms with E-state index in [1.165, 1.54) is 25.7 Å². The van der Waals surface area contributed by atoms with E-state index < -0.39 is 0 Å². The van der Waals surface area contributed by atoms with E-state index in [0.717, 1.165) is 29.9 Å². The lowest BCUT2D eigenvalue weighted by atomic mass is 9.82. The third-order valence-electron chi connectivity index (χ3n) is 3.74. The molecule has 1 aliphatic carbocycles. The third-order valence-corrected chi connectivity index (χ3v) is 3.74. The number of hydrogen-bond acceptors (Lipinski definition) is 3. The van der Waals surface area contributed by atoms with Crippen LogP contribution in [0.1, 0.15) is 46.5 Å². The second kappa shape index (κ2) is 6.78. The maximum Gasteiger partial charge on any atom is 0.168 e. The summed E-state index contributed by atoms with van der Waals surface area (Å²) in [5, 5.41) is 3.47. The van der Waals surface area contributed by atoms with Gasteiger partial charge >= 0.3 is 0 Å². The van der Waals surface area contributed by atoms with Crippen molar-refractivity contribution in [3.8, 4) is 5.75 Å². The van der Waals surface area contributed by atoms with Gasteiger partial charge in [0.05, 0.1) is 6.10 Å². The molecule has 0 aromatic carbocycles. The Morgan fingerprint density at radius 3 is 3.00 bits per heavy atom. The van der Waals surface area contributed by atoms with Crippen LogP contribution in [0, 0.1) is 11.8 Å². The molecule has 0 aliphatic heterocycles. The van der Waals surface area contributed by atoms with E-state index in [4.69, 9.17) is 4.74 Å². The fourth-order valence-corrected chi connectivity index (χ4v) is 2.86. The van der Waals surface area contributed by atoms with Gasteiger partial charge in [-0.3, -0.25) is 0 Å². The van der Waals surface area contributed by atoms with Crippen LogP contribution in [0.3, 0.4) is 0 Å². The van der Waals surface area contributed by atoms with Crippen molar-refractivity contribution in [1.82, 2.24) is 4.98 Å². The molecular weight excluding hydrogens is 236 g/mol. The Kier molecular flexibility index (Phi) is 5.06. The monoisotopic (exact) mass is 262 g/mol. The quantitative estimate of drug-likeness (QED) is 0.867. The Balaban J connectivity index is 1.91. The minimum Gasteiger partial charge on any atom is -0.487 e. The zero-order valence-corrected chi connectivity index (χ0v) is 12.4. The highest BCUT2D eigenvalue weighted by atomic mass is 16.5. The van der Waals surface area contributed by atoms with Crippen molar-refractivity contribution in [3.05, 3.63) is 18.3 Å². The first-order valence-corrected chi connectivity index (χ1v) is 7.50. The molecule has 1 saturated carbocycles. The van der Waals surface area contributed by atoms with Gasteiger partial charge in [0.25, 0.3) is 0 Å². The lowest BCUT2D eigenvalue weighted by Crippen LogP contribution is -2.21. The lowest BCUT2D eigenvalue weighted by molar-refractivity contribution is 0.242. The number of nitrogens with zero attached hydrogens (tertiary/aromatic N) is 1. The topological polar surface area (TPSA) is 34.2 Å². The van der Waals surface area contributed by atoms with E-state index in [0.29, 0.717) is 0 Å². The summed E-state index contributed by atoms with van der Waals surface area (Å²) in [6.07, 6.45) is 7.43. The molecular formula is C16H26N2O. The van der Waals surface area contributed by atoms with Gasteiger partial charge in [-0.1, -0.05) is 19.8 Å². The normalized spacial score (nSPS) is 23.4. The van der Waals surface area contributed by atoms with Crippen molar-refractivity contribution in [2.75, 3.05) is 11.9 Å². The third kappa shape index (κ3) is 4.41. The van der Waals surface area contributed by atoms with Crippen LogP contribution in [-0.4, -0.2) is 17.6 Å². The molecule has 2 atom stereocenters. The SMILES string of the molecule is CC1CCCC(CNc2ncccc2OC(C)C)C1. The minimum absolute atomic E-state index is 0.180. The Bertz CT molecular complexity index is 392. The van der Waals surface area contributed by atoms with Crippen LogP contribution in [0.4, 0.5) is 5.82 Å². The summed E-state index contributed by atoms with van der Waals surface area (Å²) in [5.74, 6) is 3.39. The van der Waals surface area contributed by atoms with Gasteiger partial charge < -0.3 is 10.1 Å². The Morgan fingerprint density at radius 1 is 1.42 bits per heavy atom. The number of hydrogen-bond donors (Lipinski definition) is 1. The number of ether oxygens (including phenoxy) is 1. The predicted molar refractivity (Wildman–Crippen MR) is 79.6 cm³/mol. The predicted octanol–water partition coefficient (Wildman–Crippen LogP) is 4.11. The number of anilines is 1. The van der Waals surface area contributed by atoms with Crippen molar-refractivity contribution < 1.29 is 4.74 Å². The van der Waals surface area contributed by atoms with Crippen LogP contribution in [0.15, 0.2) is 18.3 Å². The average Bonchev–Trinajstić information content (AvgIpc) is 2.37. The fourth-order valence-electron chi connectivity index (χ4n) is 2.86. The summed E-state index contributed by atoms with van der Waals surface area (Å²) in [4.78, 5) is 4.40. The summed E-state index contributed by atoms with van der Waals surface area (Å²) >= 11 is 0. The summed E-state index contributed by atoms with van der Waals surface area (Å²) in [5.41, 5.74) is 0. The van der Waals surface area contributed by atoms with Crippen LogP contribution in [-0.2, 0) is 0 Å². The van der Waals surface area contributed by atoms with E-state index in [9.17, 15) is 0 Å². The zero-order chi connectivity index (χ0) is 13.7. The molecule has 0 bridgehead atoms. The van der Waals surface area contributed by atoms with Crippen molar-refractivity contribution >= 4 is 5.82 Å². The Morgan fingerprint density at radius 2 is 2.26 bits per heavy atom. The molecule has 1 fully saturated rings. The molecule has 3 nitrogen and oxygen atoms in total. The molecule has 1 heterocycles. The fraction of sp³-hybridized carbons (Fsp3) is 0.688. The molecule has 0 saturated heterocycles. The minimum atomic E-state index is 0.180. The molecule has 2 unspecified atom stereocenters. The van der Waals surface area contributed by atoms with Gasteiger partial charge in [-0.05, 0) is 50.7 Å². The van der Waals surface area contributed by atoms with Crippen LogP contribution in [0.2, 0.25) is 0 Å². The van der Waals surface area contributed by atoms with Gasteiger partial charge in [0.2, 0.25) is 0 Å². The van der Waals surface area contributed by atoms with Crippen molar-refractivity contribution in [1.29, 1.82) is 0 Å². The lowest BCUT2D eigenvalue weighted by Gasteiger charge is -2.27. The molecule has 0 spiro atoms. The maximum absolute atomic E-state index is 5.78. The highest BCUT2D eigenvalue weighted by molar-refractivity contribution is 5.49. The first-order chi connectivity index (χ1) is 9.15. The van der Waals surface area contributed by atoms with E-state index in [1.54, 1.807) is 0 Å². The van der Waals surface area contributed by atoms with Crippen LogP contribution in [0.5, 0.6) is 5.75 Å². The number of rotatable bonds is 5. The van der Waals surface area contributed by atoms with Gasteiger partial charge in [0, 0.05) is 12.7 Å². The molecule has 0 amide bonds. The van der Waals surface area contributed by atoms with E-state index in [1.807, 2.05) is 32.2 Å². The standard InChI is InChI=1S/C16H26N2O/c1-12(2)19-15-8-5-9-17-16(15)18-11-14-7-4-6-13(3)10-14/h5,8-9,12-14H,4,6-7,10-11H2,1-3H3,(H,17,18). The van der Waals surface area contributed by atoms with Crippen LogP contribution < -0.4 is 10.1 Å². The van der Waals surface area contributed by atoms with Crippen molar-refractivity contribution in [3.63, 3.8) is 0 Å². The molecule has 1 aromatic rings. The summed E-state index contributed by atoms with van der Waals surface area (Å²) in [6.45, 7) is 7.45. The first-order valence-electron chi connectivity index (χ1n) is 7.50. The van der Waals surface area contributed by atoms with Gasteiger partial charge in [-0.25, -0.2) is 4.98 Å². The molecule has 19 heavy (non-hydrogen) atoms. The molecule has 1 aromatic heterocycles. The first kappa shape index (κ1) is 14.2. The second-order valence-corrected chi connectivity index (χ2v) is 6.04. The number of aromatic nitrogens is 1. The smallest absolute Gasteiger partial charge is 0.168 e. The second-order valence-electron chi connectivity index (χ2n) is 6.04. The zero-order valence-electron chi connectivity index (χ0n) is 12.4. The molecule has 0 radical (unpaired) electrons. The average molecular weight is 262 g/mol. The van der Waals surface area contributed by atoms with Crippen LogP contribution in [0.25, 0.3) is 0 Å². The molecule has 1 aliphatic rings. The van der Waals surface area contributed by atoms with Crippen molar-refractivity contribution in [2.24, 2.45) is 11.8 Å². The number of nitrogens with one attached hydrogen (secondary N) is 1. The van der Waals surface area contributed by atoms with E-state index in [2.05, 4.69) is 17.2 Å². The van der Waals surface area contributed by atoms with Gasteiger partial charge in [-0.15, -0.1) is 0 Å². The van der Waals surface area contributed by atoms with Crippen molar-refractivity contribution in [2.45, 2.75) is 52.6 Å². The Labute approximate surface area is 116 Å². The summed E-state index contributed by atoms with van der Waals surface area (Å²) in [7, 11) is 0. The highest BCUT2D eigenvalue weighted by Crippen LogP contribution is 2.29. The number of pyridine rings is 1. The largest absolute Gasteiger partial charge is 0.487 e. The summed E-state index contributed by atoms with van der Waals surface area (Å²) < 4.78 is 5.78. The van der Waals surface area contributed by atoms with Gasteiger partial charge in [-0.2, -0.15) is 0 Å².